The Morgan fingerprint density at radius 2 is 2.11 bits per heavy atom. The summed E-state index contributed by atoms with van der Waals surface area (Å²) in [4.78, 5) is 4.06. The summed E-state index contributed by atoms with van der Waals surface area (Å²) in [5, 5.41) is 12.3. The first-order valence-corrected chi connectivity index (χ1v) is 7.29. The van der Waals surface area contributed by atoms with Gasteiger partial charge in [-0.1, -0.05) is 0 Å². The fourth-order valence-electron chi connectivity index (χ4n) is 2.01. The second-order valence-corrected chi connectivity index (χ2v) is 6.16. The number of hydrogen-bond donors (Lipinski definition) is 2. The van der Waals surface area contributed by atoms with Crippen LogP contribution in [-0.2, 0) is 10.0 Å². The van der Waals surface area contributed by atoms with Gasteiger partial charge in [0.15, 0.2) is 0 Å². The van der Waals surface area contributed by atoms with Gasteiger partial charge in [-0.3, -0.25) is 4.98 Å². The topological polar surface area (TPSA) is 82.5 Å². The molecule has 1 aliphatic rings. The number of piperidine rings is 1. The van der Waals surface area contributed by atoms with Crippen LogP contribution in [-0.4, -0.2) is 49.1 Å². The van der Waals surface area contributed by atoms with Crippen molar-refractivity contribution in [2.75, 3.05) is 25.5 Å². The summed E-state index contributed by atoms with van der Waals surface area (Å²) in [5.41, 5.74) is 0.538. The van der Waals surface area contributed by atoms with E-state index in [9.17, 15) is 13.5 Å². The number of anilines is 1. The average molecular weight is 271 g/mol. The first kappa shape index (κ1) is 13.3. The monoisotopic (exact) mass is 271 g/mol. The number of aliphatic hydroxyl groups is 1. The molecular formula is C11H17N3O3S. The predicted octanol–water partition coefficient (Wildman–Crippen LogP) is 0.269. The van der Waals surface area contributed by atoms with Crippen LogP contribution in [0.25, 0.3) is 0 Å². The molecule has 7 heteroatoms. The molecule has 0 saturated carbocycles. The Hall–Kier alpha value is -1.18. The second kappa shape index (κ2) is 5.21. The fourth-order valence-corrected chi connectivity index (χ4v) is 3.63. The lowest BCUT2D eigenvalue weighted by Crippen LogP contribution is -2.40. The third kappa shape index (κ3) is 2.47. The van der Waals surface area contributed by atoms with E-state index >= 15 is 0 Å². The van der Waals surface area contributed by atoms with Gasteiger partial charge >= 0.3 is 0 Å². The SMILES string of the molecule is CNc1ccncc1S(=O)(=O)N1CCC(O)CC1. The van der Waals surface area contributed by atoms with E-state index < -0.39 is 16.1 Å². The fraction of sp³-hybridized carbons (Fsp3) is 0.545. The number of nitrogens with zero attached hydrogens (tertiary/aromatic N) is 2. The molecule has 1 fully saturated rings. The van der Waals surface area contributed by atoms with Crippen molar-refractivity contribution in [3.63, 3.8) is 0 Å². The quantitative estimate of drug-likeness (QED) is 0.824. The van der Waals surface area contributed by atoms with Crippen molar-refractivity contribution < 1.29 is 13.5 Å². The Labute approximate surface area is 107 Å². The molecule has 0 spiro atoms. The van der Waals surface area contributed by atoms with Crippen LogP contribution in [0.1, 0.15) is 12.8 Å². The minimum atomic E-state index is -3.53. The Morgan fingerprint density at radius 3 is 2.72 bits per heavy atom. The molecule has 18 heavy (non-hydrogen) atoms. The zero-order chi connectivity index (χ0) is 13.2. The maximum absolute atomic E-state index is 12.4. The van der Waals surface area contributed by atoms with E-state index in [2.05, 4.69) is 10.3 Å². The maximum atomic E-state index is 12.4. The number of nitrogens with one attached hydrogen (secondary N) is 1. The van der Waals surface area contributed by atoms with Gasteiger partial charge in [0.2, 0.25) is 10.0 Å². The molecule has 1 aromatic heterocycles. The highest BCUT2D eigenvalue weighted by atomic mass is 32.2. The first-order valence-electron chi connectivity index (χ1n) is 5.85. The Balaban J connectivity index is 2.30. The summed E-state index contributed by atoms with van der Waals surface area (Å²) in [7, 11) is -1.86. The van der Waals surface area contributed by atoms with E-state index in [4.69, 9.17) is 0 Å². The summed E-state index contributed by atoms with van der Waals surface area (Å²) in [6.07, 6.45) is 3.47. The van der Waals surface area contributed by atoms with Crippen LogP contribution in [0.2, 0.25) is 0 Å². The minimum Gasteiger partial charge on any atom is -0.393 e. The lowest BCUT2D eigenvalue weighted by atomic mass is 10.1. The molecule has 1 saturated heterocycles. The smallest absolute Gasteiger partial charge is 0.246 e. The minimum absolute atomic E-state index is 0.184. The van der Waals surface area contributed by atoms with Gasteiger partial charge in [-0.05, 0) is 18.9 Å². The predicted molar refractivity (Wildman–Crippen MR) is 67.8 cm³/mol. The molecule has 1 aliphatic heterocycles. The van der Waals surface area contributed by atoms with Crippen LogP contribution in [0.4, 0.5) is 5.69 Å². The number of pyridine rings is 1. The molecule has 1 aromatic rings. The molecule has 2 rings (SSSR count). The van der Waals surface area contributed by atoms with Crippen molar-refractivity contribution in [2.45, 2.75) is 23.8 Å². The molecule has 2 N–H and O–H groups in total. The van der Waals surface area contributed by atoms with Crippen LogP contribution >= 0.6 is 0 Å². The molecule has 0 aliphatic carbocycles. The Bertz CT molecular complexity index is 510. The van der Waals surface area contributed by atoms with Crippen LogP contribution in [0.15, 0.2) is 23.4 Å². The van der Waals surface area contributed by atoms with E-state index in [1.165, 1.54) is 10.5 Å². The van der Waals surface area contributed by atoms with Crippen molar-refractivity contribution in [1.82, 2.24) is 9.29 Å². The highest BCUT2D eigenvalue weighted by Crippen LogP contribution is 2.25. The lowest BCUT2D eigenvalue weighted by Gasteiger charge is -2.29. The van der Waals surface area contributed by atoms with E-state index in [0.717, 1.165) is 0 Å². The molecule has 0 aromatic carbocycles. The Kier molecular flexibility index (Phi) is 3.84. The summed E-state index contributed by atoms with van der Waals surface area (Å²) in [5.74, 6) is 0. The van der Waals surface area contributed by atoms with Gasteiger partial charge in [0.05, 0.1) is 11.8 Å². The lowest BCUT2D eigenvalue weighted by molar-refractivity contribution is 0.113. The van der Waals surface area contributed by atoms with Crippen LogP contribution in [0, 0.1) is 0 Å². The van der Waals surface area contributed by atoms with Crippen molar-refractivity contribution in [3.8, 4) is 0 Å². The van der Waals surface area contributed by atoms with Gasteiger partial charge in [-0.15, -0.1) is 0 Å². The summed E-state index contributed by atoms with van der Waals surface area (Å²) in [6.45, 7) is 0.698. The van der Waals surface area contributed by atoms with Gasteiger partial charge in [-0.2, -0.15) is 4.31 Å². The molecule has 2 heterocycles. The van der Waals surface area contributed by atoms with Gasteiger partial charge in [0, 0.05) is 32.5 Å². The van der Waals surface area contributed by atoms with Crippen LogP contribution in [0.5, 0.6) is 0 Å². The number of aromatic nitrogens is 1. The summed E-state index contributed by atoms with van der Waals surface area (Å²) >= 11 is 0. The van der Waals surface area contributed by atoms with Crippen molar-refractivity contribution in [1.29, 1.82) is 0 Å². The van der Waals surface area contributed by atoms with Gasteiger partial charge in [0.1, 0.15) is 4.90 Å². The summed E-state index contributed by atoms with van der Waals surface area (Å²) in [6, 6.07) is 1.63. The highest BCUT2D eigenvalue weighted by molar-refractivity contribution is 7.89. The van der Waals surface area contributed by atoms with E-state index in [0.29, 0.717) is 31.6 Å². The van der Waals surface area contributed by atoms with E-state index in [1.54, 1.807) is 19.3 Å². The van der Waals surface area contributed by atoms with Crippen molar-refractivity contribution >= 4 is 15.7 Å². The normalized spacial score (nSPS) is 18.8. The highest BCUT2D eigenvalue weighted by Gasteiger charge is 2.30. The average Bonchev–Trinajstić information content (AvgIpc) is 2.39. The molecule has 100 valence electrons. The second-order valence-electron chi connectivity index (χ2n) is 4.26. The molecule has 0 amide bonds. The molecule has 6 nitrogen and oxygen atoms in total. The number of aliphatic hydroxyl groups excluding tert-OH is 1. The summed E-state index contributed by atoms with van der Waals surface area (Å²) < 4.78 is 26.3. The van der Waals surface area contributed by atoms with E-state index in [1.807, 2.05) is 0 Å². The molecule has 0 radical (unpaired) electrons. The number of hydrogen-bond acceptors (Lipinski definition) is 5. The third-order valence-electron chi connectivity index (χ3n) is 3.10. The molecular weight excluding hydrogens is 254 g/mol. The largest absolute Gasteiger partial charge is 0.393 e. The maximum Gasteiger partial charge on any atom is 0.246 e. The van der Waals surface area contributed by atoms with Crippen molar-refractivity contribution in [2.24, 2.45) is 0 Å². The van der Waals surface area contributed by atoms with Crippen LogP contribution < -0.4 is 5.32 Å². The Morgan fingerprint density at radius 1 is 1.44 bits per heavy atom. The standard InChI is InChI=1S/C11H17N3O3S/c1-12-10-2-5-13-8-11(10)18(16,17)14-6-3-9(15)4-7-14/h2,5,8-9,15H,3-4,6-7H2,1H3,(H,12,13). The third-order valence-corrected chi connectivity index (χ3v) is 5.02. The zero-order valence-electron chi connectivity index (χ0n) is 10.2. The van der Waals surface area contributed by atoms with E-state index in [-0.39, 0.29) is 4.90 Å². The molecule has 0 unspecified atom stereocenters. The van der Waals surface area contributed by atoms with Gasteiger partial charge < -0.3 is 10.4 Å². The first-order chi connectivity index (χ1) is 8.55. The number of rotatable bonds is 3. The van der Waals surface area contributed by atoms with Gasteiger partial charge in [-0.25, -0.2) is 8.42 Å². The van der Waals surface area contributed by atoms with Gasteiger partial charge in [0.25, 0.3) is 0 Å². The molecule has 0 atom stereocenters. The van der Waals surface area contributed by atoms with Crippen LogP contribution in [0.3, 0.4) is 0 Å². The number of sulfonamides is 1. The zero-order valence-corrected chi connectivity index (χ0v) is 11.0. The van der Waals surface area contributed by atoms with Crippen molar-refractivity contribution in [3.05, 3.63) is 18.5 Å². The molecule has 0 bridgehead atoms.